The highest BCUT2D eigenvalue weighted by Gasteiger charge is 2.05. The summed E-state index contributed by atoms with van der Waals surface area (Å²) in [5.41, 5.74) is 0. The standard InChI is InChI=1S/C7H10N2S/c1-5-10-6-4-9-3-2-8-7(1)9/h2-3H,1,4-6H2. The van der Waals surface area contributed by atoms with Crippen LogP contribution in [0.15, 0.2) is 12.4 Å². The van der Waals surface area contributed by atoms with Crippen LogP contribution in [0.2, 0.25) is 0 Å². The van der Waals surface area contributed by atoms with Crippen LogP contribution >= 0.6 is 11.8 Å². The van der Waals surface area contributed by atoms with Crippen LogP contribution in [0.4, 0.5) is 0 Å². The lowest BCUT2D eigenvalue weighted by molar-refractivity contribution is 0.725. The largest absolute Gasteiger partial charge is 0.334 e. The Bertz CT molecular complexity index is 199. The van der Waals surface area contributed by atoms with Crippen molar-refractivity contribution in [3.8, 4) is 0 Å². The summed E-state index contributed by atoms with van der Waals surface area (Å²) < 4.78 is 2.25. The Morgan fingerprint density at radius 2 is 2.50 bits per heavy atom. The maximum Gasteiger partial charge on any atom is 0.109 e. The lowest BCUT2D eigenvalue weighted by Crippen LogP contribution is -2.00. The number of aromatic nitrogens is 2. The van der Waals surface area contributed by atoms with Gasteiger partial charge in [-0.25, -0.2) is 4.98 Å². The summed E-state index contributed by atoms with van der Waals surface area (Å²) in [5, 5.41) is 0. The van der Waals surface area contributed by atoms with Crippen molar-refractivity contribution in [3.05, 3.63) is 18.2 Å². The van der Waals surface area contributed by atoms with E-state index >= 15 is 0 Å². The summed E-state index contributed by atoms with van der Waals surface area (Å²) in [5.74, 6) is 3.73. The average Bonchev–Trinajstić information content (AvgIpc) is 2.28. The van der Waals surface area contributed by atoms with E-state index in [1.165, 1.54) is 17.3 Å². The number of hydrogen-bond acceptors (Lipinski definition) is 2. The predicted molar refractivity (Wildman–Crippen MR) is 43.3 cm³/mol. The van der Waals surface area contributed by atoms with Crippen LogP contribution in [0.25, 0.3) is 0 Å². The third-order valence-electron chi connectivity index (χ3n) is 1.75. The lowest BCUT2D eigenvalue weighted by Gasteiger charge is -1.98. The van der Waals surface area contributed by atoms with E-state index in [1.54, 1.807) is 0 Å². The van der Waals surface area contributed by atoms with Crippen LogP contribution in [-0.2, 0) is 13.0 Å². The second-order valence-corrected chi connectivity index (χ2v) is 3.62. The van der Waals surface area contributed by atoms with E-state index in [-0.39, 0.29) is 0 Å². The monoisotopic (exact) mass is 154 g/mol. The molecule has 1 aromatic rings. The van der Waals surface area contributed by atoms with Crippen molar-refractivity contribution in [1.82, 2.24) is 9.55 Å². The van der Waals surface area contributed by atoms with Crippen LogP contribution in [-0.4, -0.2) is 21.1 Å². The molecule has 1 aromatic heterocycles. The molecule has 0 unspecified atom stereocenters. The van der Waals surface area contributed by atoms with Gasteiger partial charge in [0.25, 0.3) is 0 Å². The predicted octanol–water partition coefficient (Wildman–Crippen LogP) is 1.17. The molecule has 3 heteroatoms. The molecule has 0 aliphatic carbocycles. The summed E-state index contributed by atoms with van der Waals surface area (Å²) in [6, 6.07) is 0. The van der Waals surface area contributed by atoms with Crippen molar-refractivity contribution < 1.29 is 0 Å². The fraction of sp³-hybridized carbons (Fsp3) is 0.571. The second kappa shape index (κ2) is 2.66. The smallest absolute Gasteiger partial charge is 0.109 e. The Labute approximate surface area is 64.6 Å². The van der Waals surface area contributed by atoms with Crippen LogP contribution in [0.3, 0.4) is 0 Å². The van der Waals surface area contributed by atoms with E-state index in [0.29, 0.717) is 0 Å². The summed E-state index contributed by atoms with van der Waals surface area (Å²) in [4.78, 5) is 4.27. The van der Waals surface area contributed by atoms with Crippen molar-refractivity contribution >= 4 is 11.8 Å². The van der Waals surface area contributed by atoms with Gasteiger partial charge < -0.3 is 4.57 Å². The molecule has 1 aliphatic rings. The van der Waals surface area contributed by atoms with Gasteiger partial charge in [-0.2, -0.15) is 11.8 Å². The molecular formula is C7H10N2S. The molecule has 0 saturated heterocycles. The summed E-state index contributed by atoms with van der Waals surface area (Å²) in [6.45, 7) is 1.14. The zero-order valence-corrected chi connectivity index (χ0v) is 6.60. The van der Waals surface area contributed by atoms with Gasteiger partial charge in [0.1, 0.15) is 5.82 Å². The average molecular weight is 154 g/mol. The van der Waals surface area contributed by atoms with Crippen molar-refractivity contribution in [2.24, 2.45) is 0 Å². The number of nitrogens with zero attached hydrogens (tertiary/aromatic N) is 2. The van der Waals surface area contributed by atoms with Gasteiger partial charge in [0.05, 0.1) is 0 Å². The zero-order valence-electron chi connectivity index (χ0n) is 5.79. The van der Waals surface area contributed by atoms with Crippen molar-refractivity contribution in [2.75, 3.05) is 11.5 Å². The molecule has 0 fully saturated rings. The summed E-state index contributed by atoms with van der Waals surface area (Å²) in [6.07, 6.45) is 5.10. The number of hydrogen-bond donors (Lipinski definition) is 0. The molecule has 0 radical (unpaired) electrons. The zero-order chi connectivity index (χ0) is 6.81. The maximum atomic E-state index is 4.27. The van der Waals surface area contributed by atoms with Crippen LogP contribution in [0, 0.1) is 0 Å². The first-order valence-electron chi connectivity index (χ1n) is 3.54. The minimum Gasteiger partial charge on any atom is -0.334 e. The van der Waals surface area contributed by atoms with Gasteiger partial charge in [0.2, 0.25) is 0 Å². The van der Waals surface area contributed by atoms with E-state index in [1.807, 2.05) is 18.0 Å². The van der Waals surface area contributed by atoms with Gasteiger partial charge in [-0.3, -0.25) is 0 Å². The molecule has 0 N–H and O–H groups in total. The van der Waals surface area contributed by atoms with Gasteiger partial charge in [-0.05, 0) is 0 Å². The number of thioether (sulfide) groups is 1. The highest BCUT2D eigenvalue weighted by atomic mass is 32.2. The van der Waals surface area contributed by atoms with Gasteiger partial charge in [0, 0.05) is 36.9 Å². The molecule has 0 spiro atoms. The van der Waals surface area contributed by atoms with Gasteiger partial charge in [-0.1, -0.05) is 0 Å². The normalized spacial score (nSPS) is 18.0. The molecule has 2 rings (SSSR count). The molecule has 2 heterocycles. The molecule has 2 nitrogen and oxygen atoms in total. The Morgan fingerprint density at radius 3 is 3.50 bits per heavy atom. The topological polar surface area (TPSA) is 17.8 Å². The first-order valence-corrected chi connectivity index (χ1v) is 4.70. The third kappa shape index (κ3) is 1.06. The van der Waals surface area contributed by atoms with E-state index < -0.39 is 0 Å². The first kappa shape index (κ1) is 6.28. The minimum absolute atomic E-state index is 1.14. The van der Waals surface area contributed by atoms with E-state index in [9.17, 15) is 0 Å². The van der Waals surface area contributed by atoms with E-state index in [0.717, 1.165) is 13.0 Å². The third-order valence-corrected chi connectivity index (χ3v) is 2.71. The number of rotatable bonds is 0. The molecule has 0 atom stereocenters. The number of imidazole rings is 1. The summed E-state index contributed by atoms with van der Waals surface area (Å²) in [7, 11) is 0. The highest BCUT2D eigenvalue weighted by molar-refractivity contribution is 7.99. The molecule has 10 heavy (non-hydrogen) atoms. The molecular weight excluding hydrogens is 144 g/mol. The van der Waals surface area contributed by atoms with E-state index in [2.05, 4.69) is 15.7 Å². The van der Waals surface area contributed by atoms with Crippen LogP contribution in [0.5, 0.6) is 0 Å². The Kier molecular flexibility index (Phi) is 1.67. The quantitative estimate of drug-likeness (QED) is 0.558. The molecule has 0 amide bonds. The Balaban J connectivity index is 2.28. The molecule has 0 bridgehead atoms. The highest BCUT2D eigenvalue weighted by Crippen LogP contribution is 2.11. The maximum absolute atomic E-state index is 4.27. The molecule has 0 saturated carbocycles. The second-order valence-electron chi connectivity index (χ2n) is 2.40. The number of fused-ring (bicyclic) bond motifs is 1. The lowest BCUT2D eigenvalue weighted by atomic mass is 10.4. The van der Waals surface area contributed by atoms with Crippen molar-refractivity contribution in [3.63, 3.8) is 0 Å². The molecule has 1 aliphatic heterocycles. The molecule has 54 valence electrons. The fourth-order valence-electron chi connectivity index (χ4n) is 1.20. The van der Waals surface area contributed by atoms with E-state index in [4.69, 9.17) is 0 Å². The number of aryl methyl sites for hydroxylation is 2. The first-order chi connectivity index (χ1) is 4.97. The SMILES string of the molecule is c1cn2c(n1)CCSCC2. The minimum atomic E-state index is 1.14. The van der Waals surface area contributed by atoms with Gasteiger partial charge in [-0.15, -0.1) is 0 Å². The Morgan fingerprint density at radius 1 is 1.50 bits per heavy atom. The van der Waals surface area contributed by atoms with Gasteiger partial charge in [0.15, 0.2) is 0 Å². The van der Waals surface area contributed by atoms with Crippen molar-refractivity contribution in [1.29, 1.82) is 0 Å². The van der Waals surface area contributed by atoms with Crippen molar-refractivity contribution in [2.45, 2.75) is 13.0 Å². The fourth-order valence-corrected chi connectivity index (χ4v) is 2.06. The van der Waals surface area contributed by atoms with Gasteiger partial charge >= 0.3 is 0 Å². The van der Waals surface area contributed by atoms with Crippen LogP contribution < -0.4 is 0 Å². The summed E-state index contributed by atoms with van der Waals surface area (Å²) >= 11 is 2.02. The Hall–Kier alpha value is -0.440. The molecule has 0 aromatic carbocycles. The van der Waals surface area contributed by atoms with Crippen LogP contribution in [0.1, 0.15) is 5.82 Å².